The van der Waals surface area contributed by atoms with Gasteiger partial charge in [0.2, 0.25) is 0 Å². The van der Waals surface area contributed by atoms with Crippen LogP contribution in [0.1, 0.15) is 12.0 Å². The average Bonchev–Trinajstić information content (AvgIpc) is 3.00. The fraction of sp³-hybridized carbons (Fsp3) is 0.333. The number of ether oxygens (including phenoxy) is 1. The lowest BCUT2D eigenvalue weighted by atomic mass is 10.1. The summed E-state index contributed by atoms with van der Waals surface area (Å²) in [4.78, 5) is 14.5. The molecule has 0 unspecified atom stereocenters. The number of sulfone groups is 1. The molecule has 1 N–H and O–H groups in total. The maximum Gasteiger partial charge on any atom is 0.266 e. The largest absolute Gasteiger partial charge is 0.504 e. The highest BCUT2D eigenvalue weighted by Crippen LogP contribution is 2.37. The number of amides is 1. The number of phenolic OH excluding ortho intramolecular Hbond substituents is 1. The Labute approximate surface area is 149 Å². The number of hydrogen-bond donors (Lipinski definition) is 1. The number of benzene rings is 1. The Kier molecular flexibility index (Phi) is 4.58. The van der Waals surface area contributed by atoms with Gasteiger partial charge in [0, 0.05) is 0 Å². The molecule has 0 radical (unpaired) electrons. The molecule has 2 aliphatic rings. The first-order valence-electron chi connectivity index (χ1n) is 7.15. The minimum atomic E-state index is -3.10. The van der Waals surface area contributed by atoms with Crippen molar-refractivity contribution in [2.45, 2.75) is 12.5 Å². The van der Waals surface area contributed by atoms with E-state index in [1.807, 2.05) is 0 Å². The van der Waals surface area contributed by atoms with E-state index in [-0.39, 0.29) is 29.2 Å². The van der Waals surface area contributed by atoms with Gasteiger partial charge in [-0.1, -0.05) is 30.0 Å². The number of carbonyl (C=O) groups is 1. The molecule has 2 saturated heterocycles. The summed E-state index contributed by atoms with van der Waals surface area (Å²) >= 11 is 6.41. The lowest BCUT2D eigenvalue weighted by Crippen LogP contribution is -2.39. The van der Waals surface area contributed by atoms with E-state index in [9.17, 15) is 18.3 Å². The fourth-order valence-electron chi connectivity index (χ4n) is 2.71. The molecular weight excluding hydrogens is 370 g/mol. The van der Waals surface area contributed by atoms with Crippen molar-refractivity contribution in [1.82, 2.24) is 4.90 Å². The molecule has 2 heterocycles. The normalized spacial score (nSPS) is 24.8. The van der Waals surface area contributed by atoms with E-state index in [0.717, 1.165) is 11.8 Å². The number of phenols is 1. The van der Waals surface area contributed by atoms with Crippen LogP contribution in [0.2, 0.25) is 0 Å². The molecule has 2 aliphatic heterocycles. The van der Waals surface area contributed by atoms with Gasteiger partial charge in [-0.15, -0.1) is 0 Å². The van der Waals surface area contributed by atoms with Crippen molar-refractivity contribution >= 4 is 50.1 Å². The monoisotopic (exact) mass is 385 g/mol. The van der Waals surface area contributed by atoms with E-state index in [1.165, 1.54) is 18.1 Å². The predicted octanol–water partition coefficient (Wildman–Crippen LogP) is 1.79. The lowest BCUT2D eigenvalue weighted by Gasteiger charge is -2.20. The Morgan fingerprint density at radius 2 is 2.21 bits per heavy atom. The lowest BCUT2D eigenvalue weighted by molar-refractivity contribution is -0.123. The Balaban J connectivity index is 1.86. The summed E-state index contributed by atoms with van der Waals surface area (Å²) in [6.07, 6.45) is 2.07. The van der Waals surface area contributed by atoms with Crippen LogP contribution < -0.4 is 4.74 Å². The zero-order valence-electron chi connectivity index (χ0n) is 12.8. The highest BCUT2D eigenvalue weighted by molar-refractivity contribution is 8.26. The summed E-state index contributed by atoms with van der Waals surface area (Å²) in [5.41, 5.74) is 0.684. The van der Waals surface area contributed by atoms with Gasteiger partial charge in [0.1, 0.15) is 4.32 Å². The van der Waals surface area contributed by atoms with Crippen molar-refractivity contribution in [3.8, 4) is 11.5 Å². The van der Waals surface area contributed by atoms with Gasteiger partial charge in [-0.25, -0.2) is 8.42 Å². The molecule has 24 heavy (non-hydrogen) atoms. The van der Waals surface area contributed by atoms with Crippen LogP contribution in [0.5, 0.6) is 11.5 Å². The molecular formula is C15H15NO5S3. The second-order valence-electron chi connectivity index (χ2n) is 5.54. The second kappa shape index (κ2) is 6.38. The Bertz CT molecular complexity index is 847. The van der Waals surface area contributed by atoms with Crippen molar-refractivity contribution in [2.24, 2.45) is 0 Å². The number of carbonyl (C=O) groups excluding carboxylic acids is 1. The number of hydrogen-bond acceptors (Lipinski definition) is 7. The number of nitrogens with zero attached hydrogens (tertiary/aromatic N) is 1. The molecule has 0 spiro atoms. The first-order valence-corrected chi connectivity index (χ1v) is 10.2. The standard InChI is InChI=1S/C15H15NO5S3/c1-21-12-6-9(2-3-11(12)17)7-13-14(18)16(15(22)23-13)10-4-5-24(19,20)8-10/h2-3,6-7,10,17H,4-5,8H2,1H3/b13-7-/t10-/m1/s1. The molecule has 9 heteroatoms. The summed E-state index contributed by atoms with van der Waals surface area (Å²) in [5.74, 6) is 0.0847. The number of rotatable bonds is 3. The minimum absolute atomic E-state index is 0.0124. The molecule has 0 aliphatic carbocycles. The summed E-state index contributed by atoms with van der Waals surface area (Å²) in [5, 5.41) is 9.62. The van der Waals surface area contributed by atoms with Crippen molar-refractivity contribution in [3.63, 3.8) is 0 Å². The molecule has 1 atom stereocenters. The van der Waals surface area contributed by atoms with E-state index in [1.54, 1.807) is 18.2 Å². The second-order valence-corrected chi connectivity index (χ2v) is 9.44. The van der Waals surface area contributed by atoms with Gasteiger partial charge in [-0.2, -0.15) is 0 Å². The molecule has 6 nitrogen and oxygen atoms in total. The SMILES string of the molecule is COc1cc(/C=C2\SC(=S)N([C@@H]3CCS(=O)(=O)C3)C2=O)ccc1O. The molecule has 128 valence electrons. The van der Waals surface area contributed by atoms with Crippen molar-refractivity contribution in [3.05, 3.63) is 28.7 Å². The van der Waals surface area contributed by atoms with Gasteiger partial charge in [-0.05, 0) is 30.2 Å². The van der Waals surface area contributed by atoms with E-state index in [4.69, 9.17) is 17.0 Å². The summed E-state index contributed by atoms with van der Waals surface area (Å²) in [6, 6.07) is 4.36. The third-order valence-corrected chi connectivity index (χ3v) is 6.98. The minimum Gasteiger partial charge on any atom is -0.504 e. The van der Waals surface area contributed by atoms with E-state index >= 15 is 0 Å². The van der Waals surface area contributed by atoms with E-state index in [0.29, 0.717) is 27.0 Å². The number of thioether (sulfide) groups is 1. The molecule has 2 fully saturated rings. The highest BCUT2D eigenvalue weighted by Gasteiger charge is 2.42. The Morgan fingerprint density at radius 3 is 2.83 bits per heavy atom. The molecule has 3 rings (SSSR count). The third-order valence-electron chi connectivity index (χ3n) is 3.90. The number of aromatic hydroxyl groups is 1. The van der Waals surface area contributed by atoms with Gasteiger partial charge in [0.25, 0.3) is 5.91 Å². The van der Waals surface area contributed by atoms with Gasteiger partial charge in [0.05, 0.1) is 29.6 Å². The van der Waals surface area contributed by atoms with Crippen LogP contribution in [0.3, 0.4) is 0 Å². The molecule has 0 bridgehead atoms. The summed E-state index contributed by atoms with van der Waals surface area (Å²) < 4.78 is 28.7. The van der Waals surface area contributed by atoms with Gasteiger partial charge in [-0.3, -0.25) is 9.69 Å². The van der Waals surface area contributed by atoms with Crippen LogP contribution in [0.15, 0.2) is 23.1 Å². The van der Waals surface area contributed by atoms with Crippen LogP contribution in [-0.2, 0) is 14.6 Å². The highest BCUT2D eigenvalue weighted by atomic mass is 32.2. The molecule has 0 aromatic heterocycles. The first kappa shape index (κ1) is 17.2. The fourth-order valence-corrected chi connectivity index (χ4v) is 5.81. The van der Waals surface area contributed by atoms with E-state index < -0.39 is 9.84 Å². The van der Waals surface area contributed by atoms with Gasteiger partial charge in [0.15, 0.2) is 21.3 Å². The van der Waals surface area contributed by atoms with Gasteiger partial charge < -0.3 is 9.84 Å². The molecule has 1 aromatic rings. The third kappa shape index (κ3) is 3.28. The number of methoxy groups -OCH3 is 1. The van der Waals surface area contributed by atoms with Crippen LogP contribution in [0, 0.1) is 0 Å². The maximum absolute atomic E-state index is 12.6. The quantitative estimate of drug-likeness (QED) is 0.627. The van der Waals surface area contributed by atoms with Gasteiger partial charge >= 0.3 is 0 Å². The van der Waals surface area contributed by atoms with E-state index in [2.05, 4.69) is 0 Å². The molecule has 0 saturated carbocycles. The Morgan fingerprint density at radius 1 is 1.46 bits per heavy atom. The van der Waals surface area contributed by atoms with Crippen LogP contribution >= 0.6 is 24.0 Å². The van der Waals surface area contributed by atoms with Crippen molar-refractivity contribution in [1.29, 1.82) is 0 Å². The molecule has 1 amide bonds. The average molecular weight is 385 g/mol. The summed E-state index contributed by atoms with van der Waals surface area (Å²) in [6.45, 7) is 0. The first-order chi connectivity index (χ1) is 11.3. The predicted molar refractivity (Wildman–Crippen MR) is 96.7 cm³/mol. The zero-order chi connectivity index (χ0) is 17.5. The van der Waals surface area contributed by atoms with Crippen LogP contribution in [-0.4, -0.2) is 53.3 Å². The maximum atomic E-state index is 12.6. The Hall–Kier alpha value is -1.58. The summed E-state index contributed by atoms with van der Waals surface area (Å²) in [7, 11) is -1.65. The van der Waals surface area contributed by atoms with Crippen LogP contribution in [0.25, 0.3) is 6.08 Å². The topological polar surface area (TPSA) is 83.9 Å². The molecule has 1 aromatic carbocycles. The number of thiocarbonyl (C=S) groups is 1. The zero-order valence-corrected chi connectivity index (χ0v) is 15.2. The smallest absolute Gasteiger partial charge is 0.266 e. The van der Waals surface area contributed by atoms with Crippen molar-refractivity contribution < 1.29 is 23.1 Å². The van der Waals surface area contributed by atoms with Crippen LogP contribution in [0.4, 0.5) is 0 Å². The van der Waals surface area contributed by atoms with Crippen molar-refractivity contribution in [2.75, 3.05) is 18.6 Å².